The van der Waals surface area contributed by atoms with E-state index < -0.39 is 26.7 Å². The van der Waals surface area contributed by atoms with Crippen molar-refractivity contribution < 1.29 is 17.2 Å². The van der Waals surface area contributed by atoms with Crippen LogP contribution in [-0.4, -0.2) is 8.42 Å². The lowest BCUT2D eigenvalue weighted by Crippen LogP contribution is -2.23. The van der Waals surface area contributed by atoms with Gasteiger partial charge >= 0.3 is 0 Å². The van der Waals surface area contributed by atoms with Crippen molar-refractivity contribution >= 4 is 9.84 Å². The van der Waals surface area contributed by atoms with E-state index in [0.29, 0.717) is 12.8 Å². The molecule has 0 radical (unpaired) electrons. The van der Waals surface area contributed by atoms with Crippen molar-refractivity contribution in [3.05, 3.63) is 64.7 Å². The second-order valence-corrected chi connectivity index (χ2v) is 8.31. The van der Waals surface area contributed by atoms with Crippen LogP contribution in [-0.2, 0) is 9.84 Å². The lowest BCUT2D eigenvalue weighted by molar-refractivity contribution is 0.482. The predicted molar refractivity (Wildman–Crippen MR) is 85.1 cm³/mol. The Kier molecular flexibility index (Phi) is 4.00. The largest absolute Gasteiger partial charge is 0.223 e. The SMILES string of the molecule is Cc1ccc(S(=O)(=O)C2CCC(C)c3c(F)ccc(F)c32)cc1. The van der Waals surface area contributed by atoms with E-state index in [9.17, 15) is 17.2 Å². The van der Waals surface area contributed by atoms with Gasteiger partial charge < -0.3 is 0 Å². The highest BCUT2D eigenvalue weighted by Crippen LogP contribution is 2.45. The molecule has 1 aliphatic carbocycles. The predicted octanol–water partition coefficient (Wildman–Crippen LogP) is 4.69. The summed E-state index contributed by atoms with van der Waals surface area (Å²) >= 11 is 0. The topological polar surface area (TPSA) is 34.1 Å². The number of rotatable bonds is 2. The summed E-state index contributed by atoms with van der Waals surface area (Å²) in [6, 6.07) is 8.57. The van der Waals surface area contributed by atoms with Gasteiger partial charge in [-0.1, -0.05) is 24.6 Å². The standard InChI is InChI=1S/C18H18F2O2S/c1-11-3-6-13(7-4-11)23(21,22)16-10-5-12(2)17-14(19)8-9-15(20)18(16)17/h3-4,6-9,12,16H,5,10H2,1-2H3. The first-order chi connectivity index (χ1) is 10.8. The molecule has 23 heavy (non-hydrogen) atoms. The Balaban J connectivity index is 2.18. The fourth-order valence-electron chi connectivity index (χ4n) is 3.30. The number of aryl methyl sites for hydroxylation is 1. The van der Waals surface area contributed by atoms with E-state index in [1.54, 1.807) is 19.1 Å². The molecule has 0 aliphatic heterocycles. The van der Waals surface area contributed by atoms with Crippen LogP contribution in [0.4, 0.5) is 8.78 Å². The molecule has 0 N–H and O–H groups in total. The quantitative estimate of drug-likeness (QED) is 0.797. The molecule has 2 aromatic rings. The van der Waals surface area contributed by atoms with Crippen LogP contribution in [0.25, 0.3) is 0 Å². The molecular formula is C18H18F2O2S. The van der Waals surface area contributed by atoms with Crippen LogP contribution in [0.1, 0.15) is 47.6 Å². The monoisotopic (exact) mass is 336 g/mol. The Morgan fingerprint density at radius 1 is 0.913 bits per heavy atom. The molecule has 2 nitrogen and oxygen atoms in total. The van der Waals surface area contributed by atoms with Gasteiger partial charge in [0.1, 0.15) is 11.6 Å². The highest BCUT2D eigenvalue weighted by molar-refractivity contribution is 7.91. The van der Waals surface area contributed by atoms with Gasteiger partial charge in [0.25, 0.3) is 0 Å². The Hall–Kier alpha value is -1.75. The van der Waals surface area contributed by atoms with Gasteiger partial charge in [0.15, 0.2) is 9.84 Å². The fourth-order valence-corrected chi connectivity index (χ4v) is 5.14. The molecule has 2 aromatic carbocycles. The number of benzene rings is 2. The Morgan fingerprint density at radius 3 is 2.09 bits per heavy atom. The van der Waals surface area contributed by atoms with E-state index in [-0.39, 0.29) is 21.9 Å². The minimum atomic E-state index is -3.76. The number of hydrogen-bond donors (Lipinski definition) is 0. The Labute approximate surface area is 135 Å². The van der Waals surface area contributed by atoms with Crippen LogP contribution >= 0.6 is 0 Å². The zero-order valence-electron chi connectivity index (χ0n) is 13.0. The van der Waals surface area contributed by atoms with Crippen molar-refractivity contribution in [1.29, 1.82) is 0 Å². The smallest absolute Gasteiger partial charge is 0.185 e. The van der Waals surface area contributed by atoms with Crippen molar-refractivity contribution in [3.8, 4) is 0 Å². The van der Waals surface area contributed by atoms with Crippen molar-refractivity contribution in [2.75, 3.05) is 0 Å². The first-order valence-electron chi connectivity index (χ1n) is 7.60. The molecule has 0 heterocycles. The number of fused-ring (bicyclic) bond motifs is 1. The van der Waals surface area contributed by atoms with Crippen LogP contribution < -0.4 is 0 Å². The van der Waals surface area contributed by atoms with Gasteiger partial charge in [-0.25, -0.2) is 17.2 Å². The van der Waals surface area contributed by atoms with Crippen molar-refractivity contribution in [3.63, 3.8) is 0 Å². The van der Waals surface area contributed by atoms with Gasteiger partial charge in [-0.2, -0.15) is 0 Å². The maximum absolute atomic E-state index is 14.4. The van der Waals surface area contributed by atoms with Crippen LogP contribution in [0.5, 0.6) is 0 Å². The molecular weight excluding hydrogens is 318 g/mol. The zero-order chi connectivity index (χ0) is 16.8. The number of sulfone groups is 1. The minimum Gasteiger partial charge on any atom is -0.223 e. The molecule has 1 aliphatic rings. The third-order valence-electron chi connectivity index (χ3n) is 4.58. The summed E-state index contributed by atoms with van der Waals surface area (Å²) in [5.41, 5.74) is 1.15. The summed E-state index contributed by atoms with van der Waals surface area (Å²) in [5, 5.41) is -1.04. The Morgan fingerprint density at radius 2 is 1.48 bits per heavy atom. The maximum atomic E-state index is 14.4. The molecule has 2 atom stereocenters. The molecule has 0 bridgehead atoms. The van der Waals surface area contributed by atoms with Crippen LogP contribution in [0.2, 0.25) is 0 Å². The molecule has 0 aromatic heterocycles. The first-order valence-corrected chi connectivity index (χ1v) is 9.15. The summed E-state index contributed by atoms with van der Waals surface area (Å²) < 4.78 is 54.4. The van der Waals surface area contributed by atoms with E-state index in [4.69, 9.17) is 0 Å². The first kappa shape index (κ1) is 16.1. The highest BCUT2D eigenvalue weighted by atomic mass is 32.2. The summed E-state index contributed by atoms with van der Waals surface area (Å²) in [4.78, 5) is 0.150. The molecule has 3 rings (SSSR count). The lowest BCUT2D eigenvalue weighted by atomic mass is 9.83. The van der Waals surface area contributed by atoms with E-state index in [0.717, 1.165) is 17.7 Å². The Bertz CT molecular complexity index is 842. The third kappa shape index (κ3) is 2.67. The molecule has 0 saturated carbocycles. The van der Waals surface area contributed by atoms with Crippen molar-refractivity contribution in [2.24, 2.45) is 0 Å². The van der Waals surface area contributed by atoms with Gasteiger partial charge in [0.2, 0.25) is 0 Å². The van der Waals surface area contributed by atoms with Crippen LogP contribution in [0.15, 0.2) is 41.3 Å². The second kappa shape index (κ2) is 5.71. The summed E-state index contributed by atoms with van der Waals surface area (Å²) in [6.07, 6.45) is 0.813. The second-order valence-electron chi connectivity index (χ2n) is 6.18. The van der Waals surface area contributed by atoms with Gasteiger partial charge in [-0.3, -0.25) is 0 Å². The normalized spacial score (nSPS) is 21.0. The third-order valence-corrected chi connectivity index (χ3v) is 6.73. The molecule has 122 valence electrons. The average Bonchev–Trinajstić information content (AvgIpc) is 2.51. The molecule has 0 saturated heterocycles. The molecule has 0 fully saturated rings. The van der Waals surface area contributed by atoms with Crippen molar-refractivity contribution in [2.45, 2.75) is 42.8 Å². The number of hydrogen-bond acceptors (Lipinski definition) is 2. The summed E-state index contributed by atoms with van der Waals surface area (Å²) in [7, 11) is -3.76. The minimum absolute atomic E-state index is 0.00400. The fraction of sp³-hybridized carbons (Fsp3) is 0.333. The molecule has 0 amide bonds. The van der Waals surface area contributed by atoms with Crippen molar-refractivity contribution in [1.82, 2.24) is 0 Å². The van der Waals surface area contributed by atoms with Crippen LogP contribution in [0, 0.1) is 18.6 Å². The van der Waals surface area contributed by atoms with E-state index in [1.807, 2.05) is 6.92 Å². The van der Waals surface area contributed by atoms with E-state index in [2.05, 4.69) is 0 Å². The van der Waals surface area contributed by atoms with Gasteiger partial charge in [0, 0.05) is 5.56 Å². The lowest BCUT2D eigenvalue weighted by Gasteiger charge is -2.30. The van der Waals surface area contributed by atoms with Gasteiger partial charge in [-0.05, 0) is 55.5 Å². The van der Waals surface area contributed by atoms with E-state index >= 15 is 0 Å². The molecule has 0 spiro atoms. The number of halogens is 2. The average molecular weight is 336 g/mol. The maximum Gasteiger partial charge on any atom is 0.185 e. The zero-order valence-corrected chi connectivity index (χ0v) is 13.8. The van der Waals surface area contributed by atoms with Gasteiger partial charge in [-0.15, -0.1) is 0 Å². The van der Waals surface area contributed by atoms with Crippen LogP contribution in [0.3, 0.4) is 0 Å². The molecule has 2 unspecified atom stereocenters. The highest BCUT2D eigenvalue weighted by Gasteiger charge is 2.38. The summed E-state index contributed by atoms with van der Waals surface area (Å²) in [6.45, 7) is 3.67. The molecule has 5 heteroatoms. The summed E-state index contributed by atoms with van der Waals surface area (Å²) in [5.74, 6) is -1.36. The van der Waals surface area contributed by atoms with E-state index in [1.165, 1.54) is 12.1 Å². The van der Waals surface area contributed by atoms with Gasteiger partial charge in [0.05, 0.1) is 10.1 Å².